The van der Waals surface area contributed by atoms with Gasteiger partial charge in [0.15, 0.2) is 0 Å². The highest BCUT2D eigenvalue weighted by Crippen LogP contribution is 2.25. The van der Waals surface area contributed by atoms with Crippen LogP contribution < -0.4 is 0 Å². The highest BCUT2D eigenvalue weighted by Gasteiger charge is 2.30. The topological polar surface area (TPSA) is 32.8 Å². The summed E-state index contributed by atoms with van der Waals surface area (Å²) in [5.41, 5.74) is 1.12. The molecule has 1 aromatic rings. The van der Waals surface area contributed by atoms with Crippen molar-refractivity contribution in [2.75, 3.05) is 39.4 Å². The molecule has 1 atom stereocenters. The third-order valence-corrected chi connectivity index (χ3v) is 5.54. The molecule has 1 amide bonds. The lowest BCUT2D eigenvalue weighted by molar-refractivity contribution is -0.000951. The van der Waals surface area contributed by atoms with E-state index in [1.54, 1.807) is 19.1 Å². The zero-order valence-corrected chi connectivity index (χ0v) is 14.6. The summed E-state index contributed by atoms with van der Waals surface area (Å²) in [6, 6.07) is 5.17. The number of rotatable bonds is 3. The van der Waals surface area contributed by atoms with Crippen molar-refractivity contribution in [1.29, 1.82) is 0 Å². The average molecular weight is 334 g/mol. The fraction of sp³-hybridized carbons (Fsp3) is 0.632. The molecule has 2 aliphatic rings. The summed E-state index contributed by atoms with van der Waals surface area (Å²) in [6.07, 6.45) is 2.06. The second-order valence-electron chi connectivity index (χ2n) is 6.98. The smallest absolute Gasteiger partial charge is 0.253 e. The van der Waals surface area contributed by atoms with Gasteiger partial charge in [-0.3, -0.25) is 9.69 Å². The van der Waals surface area contributed by atoms with Gasteiger partial charge in [-0.15, -0.1) is 0 Å². The highest BCUT2D eigenvalue weighted by molar-refractivity contribution is 5.94. The quantitative estimate of drug-likeness (QED) is 0.852. The Kier molecular flexibility index (Phi) is 5.51. The number of nitrogens with zero attached hydrogens (tertiary/aromatic N) is 2. The summed E-state index contributed by atoms with van der Waals surface area (Å²) < 4.78 is 18.8. The van der Waals surface area contributed by atoms with E-state index in [4.69, 9.17) is 4.74 Å². The van der Waals surface area contributed by atoms with Crippen molar-refractivity contribution < 1.29 is 13.9 Å². The molecule has 2 saturated heterocycles. The molecule has 0 N–H and O–H groups in total. The second-order valence-corrected chi connectivity index (χ2v) is 6.98. The summed E-state index contributed by atoms with van der Waals surface area (Å²) >= 11 is 0. The van der Waals surface area contributed by atoms with Gasteiger partial charge in [0.05, 0.1) is 13.2 Å². The SMILES string of the molecule is Cc1cc(C(=O)N2CCC([C@H](C)N3CCOCC3)CC2)ccc1F. The number of amides is 1. The number of aryl methyl sites for hydroxylation is 1. The number of ether oxygens (including phenoxy) is 1. The zero-order valence-electron chi connectivity index (χ0n) is 14.6. The Balaban J connectivity index is 1.56. The van der Waals surface area contributed by atoms with Crippen LogP contribution in [0.3, 0.4) is 0 Å². The Morgan fingerprint density at radius 2 is 1.88 bits per heavy atom. The number of hydrogen-bond donors (Lipinski definition) is 0. The zero-order chi connectivity index (χ0) is 17.1. The summed E-state index contributed by atoms with van der Waals surface area (Å²) in [5, 5.41) is 0. The number of piperidine rings is 1. The maximum atomic E-state index is 13.4. The van der Waals surface area contributed by atoms with Crippen molar-refractivity contribution >= 4 is 5.91 Å². The first kappa shape index (κ1) is 17.4. The van der Waals surface area contributed by atoms with Crippen molar-refractivity contribution in [3.63, 3.8) is 0 Å². The maximum Gasteiger partial charge on any atom is 0.253 e. The number of morpholine rings is 1. The van der Waals surface area contributed by atoms with E-state index in [2.05, 4.69) is 11.8 Å². The van der Waals surface area contributed by atoms with Crippen LogP contribution in [0.4, 0.5) is 4.39 Å². The molecular formula is C19H27FN2O2. The van der Waals surface area contributed by atoms with Crippen molar-refractivity contribution in [3.05, 3.63) is 35.1 Å². The lowest BCUT2D eigenvalue weighted by atomic mass is 9.89. The second kappa shape index (κ2) is 7.62. The van der Waals surface area contributed by atoms with Gasteiger partial charge in [-0.05, 0) is 56.4 Å². The van der Waals surface area contributed by atoms with Gasteiger partial charge in [0.1, 0.15) is 5.82 Å². The minimum absolute atomic E-state index is 0.0237. The Labute approximate surface area is 143 Å². The molecule has 0 bridgehead atoms. The van der Waals surface area contributed by atoms with E-state index in [1.165, 1.54) is 6.07 Å². The number of halogens is 1. The van der Waals surface area contributed by atoms with E-state index in [-0.39, 0.29) is 11.7 Å². The molecule has 0 aliphatic carbocycles. The van der Waals surface area contributed by atoms with E-state index in [0.29, 0.717) is 23.1 Å². The minimum Gasteiger partial charge on any atom is -0.379 e. The molecule has 1 aromatic carbocycles. The summed E-state index contributed by atoms with van der Waals surface area (Å²) in [5.74, 6) is 0.391. The van der Waals surface area contributed by atoms with Gasteiger partial charge < -0.3 is 9.64 Å². The standard InChI is InChI=1S/C19H27FN2O2/c1-14-13-17(3-4-18(14)20)19(23)22-7-5-16(6-8-22)15(2)21-9-11-24-12-10-21/h3-4,13,15-16H,5-12H2,1-2H3/t15-/m0/s1. The van der Waals surface area contributed by atoms with E-state index < -0.39 is 0 Å². The molecule has 0 radical (unpaired) electrons. The summed E-state index contributed by atoms with van der Waals surface area (Å²) in [4.78, 5) is 17.0. The molecule has 5 heteroatoms. The third kappa shape index (κ3) is 3.78. The maximum absolute atomic E-state index is 13.4. The number of benzene rings is 1. The molecule has 2 heterocycles. The molecule has 3 rings (SSSR count). The monoisotopic (exact) mass is 334 g/mol. The number of carbonyl (C=O) groups is 1. The van der Waals surface area contributed by atoms with Crippen LogP contribution in [0.1, 0.15) is 35.7 Å². The molecule has 2 aliphatic heterocycles. The van der Waals surface area contributed by atoms with Crippen LogP contribution in [-0.2, 0) is 4.74 Å². The molecule has 24 heavy (non-hydrogen) atoms. The number of carbonyl (C=O) groups excluding carboxylic acids is 1. The molecule has 0 spiro atoms. The Morgan fingerprint density at radius 3 is 2.50 bits per heavy atom. The molecule has 0 unspecified atom stereocenters. The van der Waals surface area contributed by atoms with Gasteiger partial charge in [0, 0.05) is 37.8 Å². The van der Waals surface area contributed by atoms with Crippen molar-refractivity contribution in [1.82, 2.24) is 9.80 Å². The molecule has 2 fully saturated rings. The van der Waals surface area contributed by atoms with Gasteiger partial charge in [0.25, 0.3) is 5.91 Å². The first-order chi connectivity index (χ1) is 11.6. The van der Waals surface area contributed by atoms with Gasteiger partial charge in [-0.2, -0.15) is 0 Å². The first-order valence-electron chi connectivity index (χ1n) is 8.93. The summed E-state index contributed by atoms with van der Waals surface area (Å²) in [7, 11) is 0. The van der Waals surface area contributed by atoms with E-state index in [9.17, 15) is 9.18 Å². The van der Waals surface area contributed by atoms with E-state index >= 15 is 0 Å². The van der Waals surface area contributed by atoms with Gasteiger partial charge in [0.2, 0.25) is 0 Å². The molecule has 132 valence electrons. The van der Waals surface area contributed by atoms with Gasteiger partial charge >= 0.3 is 0 Å². The predicted molar refractivity (Wildman–Crippen MR) is 91.6 cm³/mol. The predicted octanol–water partition coefficient (Wildman–Crippen LogP) is 2.71. The van der Waals surface area contributed by atoms with Crippen LogP contribution in [0.15, 0.2) is 18.2 Å². The lowest BCUT2D eigenvalue weighted by Gasteiger charge is -2.41. The first-order valence-corrected chi connectivity index (χ1v) is 8.93. The Hall–Kier alpha value is -1.46. The number of likely N-dealkylation sites (tertiary alicyclic amines) is 1. The molecule has 4 nitrogen and oxygen atoms in total. The Bertz CT molecular complexity index is 579. The van der Waals surface area contributed by atoms with Crippen molar-refractivity contribution in [2.24, 2.45) is 5.92 Å². The van der Waals surface area contributed by atoms with Crippen LogP contribution in [0, 0.1) is 18.7 Å². The van der Waals surface area contributed by atoms with Gasteiger partial charge in [-0.25, -0.2) is 4.39 Å². The van der Waals surface area contributed by atoms with Crippen LogP contribution in [0.5, 0.6) is 0 Å². The lowest BCUT2D eigenvalue weighted by Crippen LogP contribution is -2.49. The van der Waals surface area contributed by atoms with E-state index in [1.807, 2.05) is 4.90 Å². The van der Waals surface area contributed by atoms with E-state index in [0.717, 1.165) is 52.2 Å². The Morgan fingerprint density at radius 1 is 1.21 bits per heavy atom. The fourth-order valence-electron chi connectivity index (χ4n) is 3.83. The van der Waals surface area contributed by atoms with Crippen LogP contribution in [0.25, 0.3) is 0 Å². The van der Waals surface area contributed by atoms with Crippen molar-refractivity contribution in [3.8, 4) is 0 Å². The normalized spacial score (nSPS) is 21.7. The molecule has 0 saturated carbocycles. The average Bonchev–Trinajstić information content (AvgIpc) is 2.63. The fourth-order valence-corrected chi connectivity index (χ4v) is 3.83. The third-order valence-electron chi connectivity index (χ3n) is 5.54. The van der Waals surface area contributed by atoms with Crippen LogP contribution >= 0.6 is 0 Å². The van der Waals surface area contributed by atoms with Gasteiger partial charge in [-0.1, -0.05) is 0 Å². The minimum atomic E-state index is -0.260. The molecular weight excluding hydrogens is 307 g/mol. The number of hydrogen-bond acceptors (Lipinski definition) is 3. The molecule has 0 aromatic heterocycles. The largest absolute Gasteiger partial charge is 0.379 e. The van der Waals surface area contributed by atoms with Crippen LogP contribution in [0.2, 0.25) is 0 Å². The van der Waals surface area contributed by atoms with Crippen LogP contribution in [-0.4, -0.2) is 61.1 Å². The van der Waals surface area contributed by atoms with Crippen molar-refractivity contribution in [2.45, 2.75) is 32.7 Å². The summed E-state index contributed by atoms with van der Waals surface area (Å²) in [6.45, 7) is 9.24. The highest BCUT2D eigenvalue weighted by atomic mass is 19.1.